The lowest BCUT2D eigenvalue weighted by atomic mass is 9.92. The van der Waals surface area contributed by atoms with Crippen molar-refractivity contribution in [2.45, 2.75) is 19.0 Å². The van der Waals surface area contributed by atoms with Crippen LogP contribution in [0, 0.1) is 0 Å². The Balaban J connectivity index is 2.43. The Morgan fingerprint density at radius 3 is 3.00 bits per heavy atom. The van der Waals surface area contributed by atoms with E-state index >= 15 is 0 Å². The quantitative estimate of drug-likeness (QED) is 0.743. The van der Waals surface area contributed by atoms with E-state index in [2.05, 4.69) is 5.32 Å². The van der Waals surface area contributed by atoms with E-state index in [0.29, 0.717) is 13.0 Å². The monoisotopic (exact) mass is 195 g/mol. The number of anilines is 1. The number of benzene rings is 1. The van der Waals surface area contributed by atoms with E-state index in [-0.39, 0.29) is 0 Å². The van der Waals surface area contributed by atoms with Crippen LogP contribution in [0.1, 0.15) is 12.5 Å². The van der Waals surface area contributed by atoms with Crippen LogP contribution in [-0.2, 0) is 6.42 Å². The molecule has 0 spiro atoms. The summed E-state index contributed by atoms with van der Waals surface area (Å²) in [6.07, 6.45) is 0.416. The van der Waals surface area contributed by atoms with Gasteiger partial charge in [-0.2, -0.15) is 0 Å². The molecule has 1 heterocycles. The van der Waals surface area contributed by atoms with Crippen molar-refractivity contribution >= 4 is 5.69 Å². The van der Waals surface area contributed by atoms with Crippen LogP contribution in [-0.4, -0.2) is 19.3 Å². The molecule has 1 unspecified atom stereocenters. The molecular formula is C11H14FNO. The van der Waals surface area contributed by atoms with Gasteiger partial charge in [-0.05, 0) is 19.1 Å². The van der Waals surface area contributed by atoms with Gasteiger partial charge in [0.2, 0.25) is 0 Å². The lowest BCUT2D eigenvalue weighted by Crippen LogP contribution is -2.35. The van der Waals surface area contributed by atoms with E-state index in [1.54, 1.807) is 14.0 Å². The summed E-state index contributed by atoms with van der Waals surface area (Å²) in [7, 11) is 1.61. The van der Waals surface area contributed by atoms with E-state index in [9.17, 15) is 4.39 Å². The predicted octanol–water partition coefficient (Wildman–Crippen LogP) is 2.39. The van der Waals surface area contributed by atoms with Crippen molar-refractivity contribution < 1.29 is 9.13 Å². The first kappa shape index (κ1) is 9.31. The first-order chi connectivity index (χ1) is 6.62. The molecule has 0 saturated heterocycles. The summed E-state index contributed by atoms with van der Waals surface area (Å²) in [6.45, 7) is 1.97. The van der Waals surface area contributed by atoms with Crippen molar-refractivity contribution in [2.75, 3.05) is 19.0 Å². The predicted molar refractivity (Wildman–Crippen MR) is 54.7 cm³/mol. The second kappa shape index (κ2) is 3.15. The maximum atomic E-state index is 13.7. The lowest BCUT2D eigenvalue weighted by molar-refractivity contribution is 0.199. The average molecular weight is 195 g/mol. The molecule has 0 radical (unpaired) electrons. The summed E-state index contributed by atoms with van der Waals surface area (Å²) in [5, 5.41) is 3.07. The Kier molecular flexibility index (Phi) is 2.10. The zero-order valence-electron chi connectivity index (χ0n) is 8.43. The Labute approximate surface area is 83.1 Å². The van der Waals surface area contributed by atoms with Gasteiger partial charge in [0.1, 0.15) is 11.4 Å². The van der Waals surface area contributed by atoms with Crippen molar-refractivity contribution in [1.29, 1.82) is 0 Å². The summed E-state index contributed by atoms with van der Waals surface area (Å²) < 4.78 is 18.9. The number of halogens is 1. The molecule has 0 amide bonds. The van der Waals surface area contributed by atoms with Crippen molar-refractivity contribution in [2.24, 2.45) is 0 Å². The number of methoxy groups -OCH3 is 1. The topological polar surface area (TPSA) is 21.3 Å². The van der Waals surface area contributed by atoms with Gasteiger partial charge in [-0.1, -0.05) is 6.07 Å². The second-order valence-corrected chi connectivity index (χ2v) is 3.93. The molecular weight excluding hydrogens is 181 g/mol. The van der Waals surface area contributed by atoms with Crippen LogP contribution < -0.4 is 10.1 Å². The van der Waals surface area contributed by atoms with E-state index in [1.165, 1.54) is 0 Å². The Morgan fingerprint density at radius 2 is 2.29 bits per heavy atom. The van der Waals surface area contributed by atoms with Gasteiger partial charge >= 0.3 is 0 Å². The Morgan fingerprint density at radius 1 is 1.50 bits per heavy atom. The number of alkyl halides is 1. The Hall–Kier alpha value is -1.25. The van der Waals surface area contributed by atoms with Gasteiger partial charge in [0, 0.05) is 24.2 Å². The molecule has 1 N–H and O–H groups in total. The molecule has 2 rings (SSSR count). The minimum absolute atomic E-state index is 0.368. The molecule has 1 aromatic carbocycles. The number of ether oxygens (including phenoxy) is 1. The highest BCUT2D eigenvalue weighted by atomic mass is 19.1. The Bertz CT molecular complexity index is 335. The first-order valence-corrected chi connectivity index (χ1v) is 4.71. The highest BCUT2D eigenvalue weighted by Gasteiger charge is 2.30. The van der Waals surface area contributed by atoms with E-state index in [1.807, 2.05) is 18.2 Å². The molecule has 0 aliphatic carbocycles. The minimum atomic E-state index is -1.18. The molecule has 0 bridgehead atoms. The smallest absolute Gasteiger partial charge is 0.129 e. The van der Waals surface area contributed by atoms with Gasteiger partial charge in [0.15, 0.2) is 0 Å². The number of hydrogen-bond donors (Lipinski definition) is 1. The molecule has 76 valence electrons. The third-order valence-electron chi connectivity index (χ3n) is 2.55. The molecule has 0 fully saturated rings. The van der Waals surface area contributed by atoms with Crippen LogP contribution in [0.2, 0.25) is 0 Å². The highest BCUT2D eigenvalue weighted by molar-refractivity contribution is 5.60. The fourth-order valence-corrected chi connectivity index (χ4v) is 1.82. The number of fused-ring (bicyclic) bond motifs is 1. The van der Waals surface area contributed by atoms with Crippen LogP contribution in [0.15, 0.2) is 18.2 Å². The fourth-order valence-electron chi connectivity index (χ4n) is 1.82. The number of rotatable bonds is 1. The van der Waals surface area contributed by atoms with Crippen LogP contribution in [0.25, 0.3) is 0 Å². The SMILES string of the molecule is COc1cccc2c1CC(C)(F)CN2. The highest BCUT2D eigenvalue weighted by Crippen LogP contribution is 2.35. The van der Waals surface area contributed by atoms with Crippen molar-refractivity contribution in [3.8, 4) is 5.75 Å². The second-order valence-electron chi connectivity index (χ2n) is 3.93. The summed E-state index contributed by atoms with van der Waals surface area (Å²) in [4.78, 5) is 0. The summed E-state index contributed by atoms with van der Waals surface area (Å²) >= 11 is 0. The van der Waals surface area contributed by atoms with Crippen LogP contribution >= 0.6 is 0 Å². The molecule has 0 saturated carbocycles. The van der Waals surface area contributed by atoms with Crippen molar-refractivity contribution in [1.82, 2.24) is 0 Å². The zero-order chi connectivity index (χ0) is 10.2. The number of nitrogens with one attached hydrogen (secondary N) is 1. The normalized spacial score (nSPS) is 25.1. The third-order valence-corrected chi connectivity index (χ3v) is 2.55. The van der Waals surface area contributed by atoms with Gasteiger partial charge in [-0.25, -0.2) is 4.39 Å². The molecule has 2 nitrogen and oxygen atoms in total. The van der Waals surface area contributed by atoms with Gasteiger partial charge in [-0.15, -0.1) is 0 Å². The summed E-state index contributed by atoms with van der Waals surface area (Å²) in [6, 6.07) is 5.72. The lowest BCUT2D eigenvalue weighted by Gasteiger charge is -2.29. The van der Waals surface area contributed by atoms with Gasteiger partial charge < -0.3 is 10.1 Å². The van der Waals surface area contributed by atoms with E-state index in [0.717, 1.165) is 17.0 Å². The average Bonchev–Trinajstić information content (AvgIpc) is 2.15. The first-order valence-electron chi connectivity index (χ1n) is 4.71. The molecule has 1 aliphatic heterocycles. The molecule has 1 aliphatic rings. The number of hydrogen-bond acceptors (Lipinski definition) is 2. The van der Waals surface area contributed by atoms with Crippen LogP contribution in [0.4, 0.5) is 10.1 Å². The minimum Gasteiger partial charge on any atom is -0.496 e. The summed E-state index contributed by atoms with van der Waals surface area (Å²) in [5.41, 5.74) is 0.743. The molecule has 14 heavy (non-hydrogen) atoms. The molecule has 1 atom stereocenters. The zero-order valence-corrected chi connectivity index (χ0v) is 8.43. The van der Waals surface area contributed by atoms with Crippen LogP contribution in [0.5, 0.6) is 5.75 Å². The maximum Gasteiger partial charge on any atom is 0.129 e. The maximum absolute atomic E-state index is 13.7. The van der Waals surface area contributed by atoms with Gasteiger partial charge in [-0.3, -0.25) is 0 Å². The van der Waals surface area contributed by atoms with Crippen LogP contribution in [0.3, 0.4) is 0 Å². The van der Waals surface area contributed by atoms with Crippen molar-refractivity contribution in [3.63, 3.8) is 0 Å². The van der Waals surface area contributed by atoms with Gasteiger partial charge in [0.25, 0.3) is 0 Å². The molecule has 3 heteroatoms. The third kappa shape index (κ3) is 1.54. The fraction of sp³-hybridized carbons (Fsp3) is 0.455. The largest absolute Gasteiger partial charge is 0.496 e. The van der Waals surface area contributed by atoms with E-state index < -0.39 is 5.67 Å². The van der Waals surface area contributed by atoms with Gasteiger partial charge in [0.05, 0.1) is 7.11 Å². The standard InChI is InChI=1S/C11H14FNO/c1-11(12)6-8-9(13-7-11)4-3-5-10(8)14-2/h3-5,13H,6-7H2,1-2H3. The van der Waals surface area contributed by atoms with E-state index in [4.69, 9.17) is 4.74 Å². The molecule has 1 aromatic rings. The van der Waals surface area contributed by atoms with Crippen molar-refractivity contribution in [3.05, 3.63) is 23.8 Å². The molecule has 0 aromatic heterocycles. The summed E-state index contributed by atoms with van der Waals surface area (Å²) in [5.74, 6) is 0.763.